The number of aromatic nitrogens is 1. The van der Waals surface area contributed by atoms with Crippen molar-refractivity contribution >= 4 is 5.97 Å². The lowest BCUT2D eigenvalue weighted by Crippen LogP contribution is -2.26. The van der Waals surface area contributed by atoms with Crippen LogP contribution in [0.5, 0.6) is 0 Å². The number of rotatable bonds is 4. The molecule has 0 aliphatic heterocycles. The molecule has 2 rings (SSSR count). The van der Waals surface area contributed by atoms with Gasteiger partial charge in [0.25, 0.3) is 0 Å². The van der Waals surface area contributed by atoms with Crippen LogP contribution >= 0.6 is 0 Å². The molecule has 0 radical (unpaired) electrons. The summed E-state index contributed by atoms with van der Waals surface area (Å²) in [7, 11) is 0. The molecule has 0 unspecified atom stereocenters. The van der Waals surface area contributed by atoms with Crippen molar-refractivity contribution in [2.75, 3.05) is 0 Å². The number of carboxylic acids is 1. The lowest BCUT2D eigenvalue weighted by Gasteiger charge is -2.26. The van der Waals surface area contributed by atoms with Crippen molar-refractivity contribution in [2.24, 2.45) is 5.92 Å². The maximum absolute atomic E-state index is 10.8. The van der Waals surface area contributed by atoms with E-state index in [1.165, 1.54) is 0 Å². The second-order valence-electron chi connectivity index (χ2n) is 4.89. The molecule has 1 aliphatic rings. The Morgan fingerprint density at radius 3 is 2.72 bits per heavy atom. The number of ether oxygens (including phenoxy) is 1. The number of nitrogens with zero attached hydrogens (tertiary/aromatic N) is 1. The Bertz CT molecular complexity index is 411. The molecule has 98 valence electrons. The quantitative estimate of drug-likeness (QED) is 0.890. The topological polar surface area (TPSA) is 59.4 Å². The molecule has 0 aromatic carbocycles. The van der Waals surface area contributed by atoms with E-state index in [1.54, 1.807) is 0 Å². The van der Waals surface area contributed by atoms with E-state index in [1.807, 2.05) is 25.1 Å². The minimum Gasteiger partial charge on any atom is -0.481 e. The number of hydrogen-bond donors (Lipinski definition) is 1. The van der Waals surface area contributed by atoms with Crippen molar-refractivity contribution < 1.29 is 14.6 Å². The molecule has 1 aliphatic carbocycles. The van der Waals surface area contributed by atoms with Gasteiger partial charge in [-0.05, 0) is 44.7 Å². The SMILES string of the molecule is Cc1cccc(COC2CCC(C(=O)O)CC2)n1. The molecule has 18 heavy (non-hydrogen) atoms. The molecule has 0 atom stereocenters. The predicted molar refractivity (Wildman–Crippen MR) is 67.1 cm³/mol. The summed E-state index contributed by atoms with van der Waals surface area (Å²) in [6, 6.07) is 5.89. The van der Waals surface area contributed by atoms with Crippen LogP contribution in [-0.4, -0.2) is 22.2 Å². The molecule has 0 bridgehead atoms. The minimum atomic E-state index is -0.672. The van der Waals surface area contributed by atoms with Crippen LogP contribution in [0.4, 0.5) is 0 Å². The molecule has 1 heterocycles. The molecule has 1 fully saturated rings. The molecule has 4 nitrogen and oxygen atoms in total. The van der Waals surface area contributed by atoms with Crippen molar-refractivity contribution in [3.05, 3.63) is 29.6 Å². The second-order valence-corrected chi connectivity index (χ2v) is 4.89. The van der Waals surface area contributed by atoms with E-state index in [0.717, 1.165) is 37.1 Å². The van der Waals surface area contributed by atoms with Gasteiger partial charge >= 0.3 is 5.97 Å². The third-order valence-electron chi connectivity index (χ3n) is 3.44. The highest BCUT2D eigenvalue weighted by Crippen LogP contribution is 2.26. The Morgan fingerprint density at radius 2 is 2.11 bits per heavy atom. The van der Waals surface area contributed by atoms with E-state index in [4.69, 9.17) is 9.84 Å². The van der Waals surface area contributed by atoms with Gasteiger partial charge in [0.1, 0.15) is 0 Å². The zero-order chi connectivity index (χ0) is 13.0. The van der Waals surface area contributed by atoms with E-state index in [2.05, 4.69) is 4.98 Å². The first kappa shape index (κ1) is 13.0. The Hall–Kier alpha value is -1.42. The number of aryl methyl sites for hydroxylation is 1. The van der Waals surface area contributed by atoms with Crippen LogP contribution in [0.3, 0.4) is 0 Å². The molecule has 1 saturated carbocycles. The molecule has 1 aromatic rings. The maximum Gasteiger partial charge on any atom is 0.306 e. The third kappa shape index (κ3) is 3.53. The van der Waals surface area contributed by atoms with Crippen molar-refractivity contribution in [3.63, 3.8) is 0 Å². The molecular formula is C14H19NO3. The Kier molecular flexibility index (Phi) is 4.31. The summed E-state index contributed by atoms with van der Waals surface area (Å²) in [4.78, 5) is 15.2. The summed E-state index contributed by atoms with van der Waals surface area (Å²) in [5.41, 5.74) is 1.93. The number of carbonyl (C=O) groups is 1. The highest BCUT2D eigenvalue weighted by Gasteiger charge is 2.26. The molecular weight excluding hydrogens is 230 g/mol. The van der Waals surface area contributed by atoms with Crippen molar-refractivity contribution in [2.45, 2.75) is 45.3 Å². The number of hydrogen-bond acceptors (Lipinski definition) is 3. The molecule has 4 heteroatoms. The molecule has 0 saturated heterocycles. The molecule has 1 N–H and O–H groups in total. The average Bonchev–Trinajstić information content (AvgIpc) is 2.37. The Labute approximate surface area is 107 Å². The number of carboxylic acid groups (broad SMARTS) is 1. The van der Waals surface area contributed by atoms with Gasteiger partial charge in [-0.1, -0.05) is 6.07 Å². The maximum atomic E-state index is 10.8. The summed E-state index contributed by atoms with van der Waals surface area (Å²) in [5.74, 6) is -0.851. The lowest BCUT2D eigenvalue weighted by molar-refractivity contribution is -0.143. The predicted octanol–water partition coefficient (Wildman–Crippen LogP) is 2.55. The Balaban J connectivity index is 1.77. The van der Waals surface area contributed by atoms with Crippen molar-refractivity contribution in [3.8, 4) is 0 Å². The van der Waals surface area contributed by atoms with Gasteiger partial charge in [-0.25, -0.2) is 0 Å². The smallest absolute Gasteiger partial charge is 0.306 e. The summed E-state index contributed by atoms with van der Waals surface area (Å²) >= 11 is 0. The largest absolute Gasteiger partial charge is 0.481 e. The van der Waals surface area contributed by atoms with Gasteiger partial charge in [0, 0.05) is 5.69 Å². The first-order valence-electron chi connectivity index (χ1n) is 6.42. The minimum absolute atomic E-state index is 0.179. The van der Waals surface area contributed by atoms with Crippen LogP contribution < -0.4 is 0 Å². The van der Waals surface area contributed by atoms with Crippen LogP contribution in [0.25, 0.3) is 0 Å². The number of aliphatic carboxylic acids is 1. The summed E-state index contributed by atoms with van der Waals surface area (Å²) in [5, 5.41) is 8.91. The van der Waals surface area contributed by atoms with Crippen LogP contribution in [-0.2, 0) is 16.1 Å². The summed E-state index contributed by atoms with van der Waals surface area (Å²) in [6.07, 6.45) is 3.30. The second kappa shape index (κ2) is 5.96. The highest BCUT2D eigenvalue weighted by atomic mass is 16.5. The zero-order valence-electron chi connectivity index (χ0n) is 10.6. The average molecular weight is 249 g/mol. The fourth-order valence-electron chi connectivity index (χ4n) is 2.36. The van der Waals surface area contributed by atoms with Gasteiger partial charge in [-0.3, -0.25) is 9.78 Å². The first-order valence-corrected chi connectivity index (χ1v) is 6.42. The van der Waals surface area contributed by atoms with Gasteiger partial charge in [0.2, 0.25) is 0 Å². The van der Waals surface area contributed by atoms with E-state index < -0.39 is 5.97 Å². The van der Waals surface area contributed by atoms with E-state index in [-0.39, 0.29) is 12.0 Å². The Morgan fingerprint density at radius 1 is 1.39 bits per heavy atom. The van der Waals surface area contributed by atoms with E-state index in [9.17, 15) is 4.79 Å². The fourth-order valence-corrected chi connectivity index (χ4v) is 2.36. The normalized spacial score (nSPS) is 23.8. The van der Waals surface area contributed by atoms with Crippen LogP contribution in [0, 0.1) is 12.8 Å². The van der Waals surface area contributed by atoms with E-state index in [0.29, 0.717) is 6.61 Å². The zero-order valence-corrected chi connectivity index (χ0v) is 10.6. The first-order chi connectivity index (χ1) is 8.65. The van der Waals surface area contributed by atoms with Gasteiger partial charge in [0.15, 0.2) is 0 Å². The van der Waals surface area contributed by atoms with Crippen molar-refractivity contribution in [1.82, 2.24) is 4.98 Å². The lowest BCUT2D eigenvalue weighted by atomic mass is 9.87. The number of pyridine rings is 1. The molecule has 0 amide bonds. The summed E-state index contributed by atoms with van der Waals surface area (Å²) < 4.78 is 5.80. The fraction of sp³-hybridized carbons (Fsp3) is 0.571. The van der Waals surface area contributed by atoms with Crippen LogP contribution in [0.1, 0.15) is 37.1 Å². The van der Waals surface area contributed by atoms with Gasteiger partial charge in [-0.15, -0.1) is 0 Å². The molecule has 1 aromatic heterocycles. The van der Waals surface area contributed by atoms with Crippen LogP contribution in [0.2, 0.25) is 0 Å². The van der Waals surface area contributed by atoms with Crippen molar-refractivity contribution in [1.29, 1.82) is 0 Å². The molecule has 0 spiro atoms. The summed E-state index contributed by atoms with van der Waals surface area (Å²) in [6.45, 7) is 2.48. The third-order valence-corrected chi connectivity index (χ3v) is 3.44. The van der Waals surface area contributed by atoms with Gasteiger partial charge < -0.3 is 9.84 Å². The van der Waals surface area contributed by atoms with Crippen LogP contribution in [0.15, 0.2) is 18.2 Å². The van der Waals surface area contributed by atoms with Gasteiger partial charge in [0.05, 0.1) is 24.3 Å². The van der Waals surface area contributed by atoms with Gasteiger partial charge in [-0.2, -0.15) is 0 Å². The highest BCUT2D eigenvalue weighted by molar-refractivity contribution is 5.70. The standard InChI is InChI=1S/C14H19NO3/c1-10-3-2-4-12(15-10)9-18-13-7-5-11(6-8-13)14(16)17/h2-4,11,13H,5-9H2,1H3,(H,16,17). The monoisotopic (exact) mass is 249 g/mol. The van der Waals surface area contributed by atoms with E-state index >= 15 is 0 Å².